The number of carboxylic acids is 1. The third-order valence-electron chi connectivity index (χ3n) is 3.80. The lowest BCUT2D eigenvalue weighted by atomic mass is 10.2. The van der Waals surface area contributed by atoms with E-state index in [0.29, 0.717) is 23.5 Å². The predicted octanol–water partition coefficient (Wildman–Crippen LogP) is 0.969. The number of hydrogen-bond acceptors (Lipinski definition) is 4. The zero-order valence-corrected chi connectivity index (χ0v) is 13.4. The molecule has 6 nitrogen and oxygen atoms in total. The molecular formula is C18H16N3O3-. The van der Waals surface area contributed by atoms with E-state index in [1.54, 1.807) is 30.8 Å². The molecule has 0 atom stereocenters. The first kappa shape index (κ1) is 15.7. The number of benzene rings is 1. The highest BCUT2D eigenvalue weighted by atomic mass is 16.4. The molecule has 2 heterocycles. The maximum atomic E-state index is 11.9. The Morgan fingerprint density at radius 2 is 1.92 bits per heavy atom. The van der Waals surface area contributed by atoms with Gasteiger partial charge in [0.2, 0.25) is 0 Å². The highest BCUT2D eigenvalue weighted by Gasteiger charge is 2.13. The van der Waals surface area contributed by atoms with E-state index in [2.05, 4.69) is 4.98 Å². The monoisotopic (exact) mass is 322 g/mol. The van der Waals surface area contributed by atoms with Crippen LogP contribution in [-0.4, -0.2) is 20.1 Å². The molecule has 1 aromatic carbocycles. The van der Waals surface area contributed by atoms with E-state index in [-0.39, 0.29) is 11.3 Å². The Hall–Kier alpha value is -3.15. The third-order valence-corrected chi connectivity index (χ3v) is 3.80. The summed E-state index contributed by atoms with van der Waals surface area (Å²) in [5.74, 6) is -0.846. The van der Waals surface area contributed by atoms with Gasteiger partial charge in [-0.15, -0.1) is 0 Å². The summed E-state index contributed by atoms with van der Waals surface area (Å²) in [5, 5.41) is 11.2. The Balaban J connectivity index is 2.12. The summed E-state index contributed by atoms with van der Waals surface area (Å²) in [6, 6.07) is 11.4. The van der Waals surface area contributed by atoms with E-state index in [9.17, 15) is 14.7 Å². The molecule has 0 radical (unpaired) electrons. The summed E-state index contributed by atoms with van der Waals surface area (Å²) in [5.41, 5.74) is 2.03. The number of pyridine rings is 1. The van der Waals surface area contributed by atoms with E-state index in [1.165, 1.54) is 10.8 Å². The van der Waals surface area contributed by atoms with Crippen molar-refractivity contribution in [3.8, 4) is 11.4 Å². The van der Waals surface area contributed by atoms with Crippen LogP contribution >= 0.6 is 0 Å². The predicted molar refractivity (Wildman–Crippen MR) is 87.5 cm³/mol. The Bertz CT molecular complexity index is 929. The van der Waals surface area contributed by atoms with Crippen molar-refractivity contribution in [1.29, 1.82) is 0 Å². The summed E-state index contributed by atoms with van der Waals surface area (Å²) in [6.07, 6.45) is 3.11. The van der Waals surface area contributed by atoms with Gasteiger partial charge in [0.15, 0.2) is 0 Å². The van der Waals surface area contributed by atoms with Crippen LogP contribution in [0.15, 0.2) is 53.6 Å². The van der Waals surface area contributed by atoms with Crippen molar-refractivity contribution in [2.75, 3.05) is 0 Å². The van der Waals surface area contributed by atoms with E-state index >= 15 is 0 Å². The van der Waals surface area contributed by atoms with Gasteiger partial charge >= 0.3 is 0 Å². The maximum absolute atomic E-state index is 11.9. The van der Waals surface area contributed by atoms with E-state index in [1.807, 2.05) is 30.3 Å². The van der Waals surface area contributed by atoms with Gasteiger partial charge in [-0.1, -0.05) is 30.3 Å². The average Bonchev–Trinajstić information content (AvgIpc) is 2.97. The summed E-state index contributed by atoms with van der Waals surface area (Å²) < 4.78 is 3.21. The van der Waals surface area contributed by atoms with Crippen LogP contribution in [-0.2, 0) is 13.6 Å². The molecule has 0 N–H and O–H groups in total. The highest BCUT2D eigenvalue weighted by molar-refractivity contribution is 5.84. The lowest BCUT2D eigenvalue weighted by Gasteiger charge is -2.10. The van der Waals surface area contributed by atoms with Gasteiger partial charge in [0.1, 0.15) is 11.5 Å². The van der Waals surface area contributed by atoms with E-state index < -0.39 is 5.97 Å². The third kappa shape index (κ3) is 2.99. The molecule has 0 aliphatic rings. The molecule has 3 rings (SSSR count). The quantitative estimate of drug-likeness (QED) is 0.717. The van der Waals surface area contributed by atoms with E-state index in [4.69, 9.17) is 0 Å². The number of nitrogens with zero attached hydrogens (tertiary/aromatic N) is 3. The van der Waals surface area contributed by atoms with Crippen molar-refractivity contribution in [2.24, 2.45) is 7.05 Å². The minimum atomic E-state index is -1.33. The second-order valence-corrected chi connectivity index (χ2v) is 5.68. The maximum Gasteiger partial charge on any atom is 0.253 e. The van der Waals surface area contributed by atoms with Crippen LogP contribution in [0.3, 0.4) is 0 Å². The molecule has 24 heavy (non-hydrogen) atoms. The molecule has 0 saturated heterocycles. The second-order valence-electron chi connectivity index (χ2n) is 5.68. The van der Waals surface area contributed by atoms with Gasteiger partial charge in [-0.25, -0.2) is 4.98 Å². The van der Waals surface area contributed by atoms with Crippen LogP contribution in [0.5, 0.6) is 0 Å². The van der Waals surface area contributed by atoms with Crippen LogP contribution < -0.4 is 10.7 Å². The molecule has 6 heteroatoms. The summed E-state index contributed by atoms with van der Waals surface area (Å²) in [4.78, 5) is 27.2. The topological polar surface area (TPSA) is 79.9 Å². The molecule has 0 amide bonds. The number of carbonyl (C=O) groups is 1. The number of carbonyl (C=O) groups excluding carboxylic acids is 1. The smallest absolute Gasteiger partial charge is 0.253 e. The van der Waals surface area contributed by atoms with Crippen molar-refractivity contribution in [2.45, 2.75) is 13.5 Å². The average molecular weight is 322 g/mol. The molecule has 0 unspecified atom stereocenters. The SMILES string of the molecule is Cc1cc(-c2nc(C(=O)[O-])cn2Cc2ccccc2)cn(C)c1=O. The summed E-state index contributed by atoms with van der Waals surface area (Å²) in [6.45, 7) is 2.19. The van der Waals surface area contributed by atoms with Crippen molar-refractivity contribution in [3.63, 3.8) is 0 Å². The number of hydrogen-bond donors (Lipinski definition) is 0. The lowest BCUT2D eigenvalue weighted by Crippen LogP contribution is -2.22. The van der Waals surface area contributed by atoms with Gasteiger partial charge < -0.3 is 19.0 Å². The van der Waals surface area contributed by atoms with E-state index in [0.717, 1.165) is 5.56 Å². The van der Waals surface area contributed by atoms with Gasteiger partial charge in [-0.2, -0.15) is 0 Å². The standard InChI is InChI=1S/C18H17N3O3/c1-12-8-14(10-20(2)17(12)22)16-19-15(18(23)24)11-21(16)9-13-6-4-3-5-7-13/h3-8,10-11H,9H2,1-2H3,(H,23,24)/p-1. The Morgan fingerprint density at radius 3 is 2.54 bits per heavy atom. The largest absolute Gasteiger partial charge is 0.543 e. The minimum absolute atomic E-state index is 0.0972. The fourth-order valence-corrected chi connectivity index (χ4v) is 2.65. The molecule has 2 aromatic heterocycles. The number of imidazole rings is 1. The Kier molecular flexibility index (Phi) is 4.04. The minimum Gasteiger partial charge on any atom is -0.543 e. The number of aryl methyl sites for hydroxylation is 2. The molecule has 3 aromatic rings. The first-order valence-electron chi connectivity index (χ1n) is 7.46. The second kappa shape index (κ2) is 6.16. The van der Waals surface area contributed by atoms with Crippen LogP contribution in [0.25, 0.3) is 11.4 Å². The highest BCUT2D eigenvalue weighted by Crippen LogP contribution is 2.20. The van der Waals surface area contributed by atoms with Gasteiger partial charge in [0.05, 0.1) is 5.97 Å². The lowest BCUT2D eigenvalue weighted by molar-refractivity contribution is -0.255. The zero-order chi connectivity index (χ0) is 17.3. The number of carboxylic acid groups (broad SMARTS) is 1. The molecule has 0 fully saturated rings. The van der Waals surface area contributed by atoms with Crippen LogP contribution in [0.4, 0.5) is 0 Å². The molecular weight excluding hydrogens is 306 g/mol. The molecule has 0 aliphatic carbocycles. The molecule has 0 spiro atoms. The fraction of sp³-hybridized carbons (Fsp3) is 0.167. The zero-order valence-electron chi connectivity index (χ0n) is 13.4. The summed E-state index contributed by atoms with van der Waals surface area (Å²) in [7, 11) is 1.66. The first-order valence-corrected chi connectivity index (χ1v) is 7.46. The van der Waals surface area contributed by atoms with Crippen LogP contribution in [0, 0.1) is 6.92 Å². The Morgan fingerprint density at radius 1 is 1.21 bits per heavy atom. The van der Waals surface area contributed by atoms with Crippen LogP contribution in [0.1, 0.15) is 21.6 Å². The van der Waals surface area contributed by atoms with Gasteiger partial charge in [-0.3, -0.25) is 4.79 Å². The number of rotatable bonds is 4. The van der Waals surface area contributed by atoms with Gasteiger partial charge in [0, 0.05) is 37.1 Å². The van der Waals surface area contributed by atoms with Crippen LogP contribution in [0.2, 0.25) is 0 Å². The molecule has 122 valence electrons. The normalized spacial score (nSPS) is 10.8. The summed E-state index contributed by atoms with van der Waals surface area (Å²) >= 11 is 0. The molecule has 0 bridgehead atoms. The number of aromatic nitrogens is 3. The fourth-order valence-electron chi connectivity index (χ4n) is 2.65. The Labute approximate surface area is 138 Å². The van der Waals surface area contributed by atoms with Crippen molar-refractivity contribution in [3.05, 3.63) is 76.0 Å². The molecule has 0 aliphatic heterocycles. The van der Waals surface area contributed by atoms with Gasteiger partial charge in [0.25, 0.3) is 5.56 Å². The van der Waals surface area contributed by atoms with Crippen molar-refractivity contribution in [1.82, 2.24) is 14.1 Å². The number of aromatic carboxylic acids is 1. The first-order chi connectivity index (χ1) is 11.5. The van der Waals surface area contributed by atoms with Gasteiger partial charge in [-0.05, 0) is 18.6 Å². The van der Waals surface area contributed by atoms with Crippen molar-refractivity contribution < 1.29 is 9.90 Å². The van der Waals surface area contributed by atoms with Crippen molar-refractivity contribution >= 4 is 5.97 Å². The molecule has 0 saturated carbocycles.